The van der Waals surface area contributed by atoms with Gasteiger partial charge in [-0.25, -0.2) is 0 Å². The lowest BCUT2D eigenvalue weighted by molar-refractivity contribution is 0.339. The molecule has 0 aliphatic heterocycles. The molecule has 0 spiro atoms. The summed E-state index contributed by atoms with van der Waals surface area (Å²) in [7, 11) is 0. The molecule has 0 saturated heterocycles. The van der Waals surface area contributed by atoms with Crippen molar-refractivity contribution in [2.24, 2.45) is 11.8 Å². The molecule has 2 heteroatoms. The maximum Gasteiger partial charge on any atom is 0.119 e. The molecule has 1 fully saturated rings. The molecule has 2 nitrogen and oxygen atoms in total. The molecule has 1 N–H and O–H groups in total. The molecule has 0 bridgehead atoms. The normalized spacial score (nSPS) is 27.4. The fourth-order valence-corrected chi connectivity index (χ4v) is 2.81. The lowest BCUT2D eigenvalue weighted by Crippen LogP contribution is -2.31. The van der Waals surface area contributed by atoms with Gasteiger partial charge in [0.1, 0.15) is 5.75 Å². The SMILES string of the molecule is CCOc1cccc(CNC2CCC(C)C2C)c1. The summed E-state index contributed by atoms with van der Waals surface area (Å²) in [6.45, 7) is 8.43. The Bertz CT molecular complexity index is 377. The highest BCUT2D eigenvalue weighted by Crippen LogP contribution is 2.31. The number of nitrogens with one attached hydrogen (secondary N) is 1. The van der Waals surface area contributed by atoms with Crippen molar-refractivity contribution in [1.29, 1.82) is 0 Å². The largest absolute Gasteiger partial charge is 0.494 e. The molecule has 3 atom stereocenters. The van der Waals surface area contributed by atoms with Crippen LogP contribution in [-0.4, -0.2) is 12.6 Å². The van der Waals surface area contributed by atoms with E-state index in [2.05, 4.69) is 37.4 Å². The average molecular weight is 247 g/mol. The van der Waals surface area contributed by atoms with Crippen molar-refractivity contribution < 1.29 is 4.74 Å². The van der Waals surface area contributed by atoms with Crippen LogP contribution in [0.1, 0.15) is 39.2 Å². The Hall–Kier alpha value is -1.02. The van der Waals surface area contributed by atoms with Crippen molar-refractivity contribution in [3.8, 4) is 5.75 Å². The number of hydrogen-bond acceptors (Lipinski definition) is 2. The molecule has 100 valence electrons. The molecule has 0 amide bonds. The Kier molecular flexibility index (Phi) is 4.65. The van der Waals surface area contributed by atoms with E-state index in [0.717, 1.165) is 30.7 Å². The molecule has 1 aliphatic rings. The van der Waals surface area contributed by atoms with Crippen LogP contribution >= 0.6 is 0 Å². The van der Waals surface area contributed by atoms with E-state index in [1.807, 2.05) is 13.0 Å². The Morgan fingerprint density at radius 2 is 2.11 bits per heavy atom. The van der Waals surface area contributed by atoms with Crippen molar-refractivity contribution >= 4 is 0 Å². The fraction of sp³-hybridized carbons (Fsp3) is 0.625. The highest BCUT2D eigenvalue weighted by molar-refractivity contribution is 5.28. The third-order valence-electron chi connectivity index (χ3n) is 4.24. The first-order valence-corrected chi connectivity index (χ1v) is 7.15. The molecular weight excluding hydrogens is 222 g/mol. The summed E-state index contributed by atoms with van der Waals surface area (Å²) >= 11 is 0. The second-order valence-electron chi connectivity index (χ2n) is 5.48. The van der Waals surface area contributed by atoms with Crippen LogP contribution in [0.15, 0.2) is 24.3 Å². The van der Waals surface area contributed by atoms with Gasteiger partial charge in [-0.3, -0.25) is 0 Å². The standard InChI is InChI=1S/C16H25NO/c1-4-18-15-7-5-6-14(10-15)11-17-16-9-8-12(2)13(16)3/h5-7,10,12-13,16-17H,4,8-9,11H2,1-3H3. The van der Waals surface area contributed by atoms with Gasteiger partial charge in [0, 0.05) is 12.6 Å². The van der Waals surface area contributed by atoms with Crippen molar-refractivity contribution in [1.82, 2.24) is 5.32 Å². The zero-order chi connectivity index (χ0) is 13.0. The van der Waals surface area contributed by atoms with Gasteiger partial charge < -0.3 is 10.1 Å². The molecule has 3 unspecified atom stereocenters. The Morgan fingerprint density at radius 1 is 1.28 bits per heavy atom. The molecule has 0 heterocycles. The Labute approximate surface area is 111 Å². The quantitative estimate of drug-likeness (QED) is 0.858. The van der Waals surface area contributed by atoms with E-state index in [1.54, 1.807) is 0 Å². The van der Waals surface area contributed by atoms with E-state index in [0.29, 0.717) is 6.04 Å². The van der Waals surface area contributed by atoms with Crippen molar-refractivity contribution in [2.45, 2.75) is 46.2 Å². The second-order valence-corrected chi connectivity index (χ2v) is 5.48. The Morgan fingerprint density at radius 3 is 2.78 bits per heavy atom. The average Bonchev–Trinajstić information content (AvgIpc) is 2.69. The lowest BCUT2D eigenvalue weighted by atomic mass is 9.98. The van der Waals surface area contributed by atoms with Crippen LogP contribution in [0.2, 0.25) is 0 Å². The van der Waals surface area contributed by atoms with Crippen LogP contribution in [0.5, 0.6) is 5.75 Å². The van der Waals surface area contributed by atoms with Gasteiger partial charge in [0.15, 0.2) is 0 Å². The predicted molar refractivity (Wildman–Crippen MR) is 75.8 cm³/mol. The highest BCUT2D eigenvalue weighted by atomic mass is 16.5. The van der Waals surface area contributed by atoms with Crippen molar-refractivity contribution in [3.05, 3.63) is 29.8 Å². The number of ether oxygens (including phenoxy) is 1. The first-order chi connectivity index (χ1) is 8.70. The summed E-state index contributed by atoms with van der Waals surface area (Å²) < 4.78 is 5.53. The summed E-state index contributed by atoms with van der Waals surface area (Å²) in [5.74, 6) is 2.63. The van der Waals surface area contributed by atoms with Crippen LogP contribution in [0.25, 0.3) is 0 Å². The minimum atomic E-state index is 0.677. The molecule has 1 aromatic carbocycles. The van der Waals surface area contributed by atoms with Crippen LogP contribution in [0.3, 0.4) is 0 Å². The summed E-state index contributed by atoms with van der Waals surface area (Å²) in [5, 5.41) is 3.69. The van der Waals surface area contributed by atoms with Gasteiger partial charge in [-0.2, -0.15) is 0 Å². The number of rotatable bonds is 5. The van der Waals surface area contributed by atoms with Gasteiger partial charge in [0.05, 0.1) is 6.61 Å². The summed E-state index contributed by atoms with van der Waals surface area (Å²) in [5.41, 5.74) is 1.31. The zero-order valence-electron chi connectivity index (χ0n) is 11.8. The van der Waals surface area contributed by atoms with Gasteiger partial charge >= 0.3 is 0 Å². The molecule has 1 saturated carbocycles. The first-order valence-electron chi connectivity index (χ1n) is 7.15. The van der Waals surface area contributed by atoms with E-state index in [1.165, 1.54) is 18.4 Å². The van der Waals surface area contributed by atoms with Crippen molar-refractivity contribution in [3.63, 3.8) is 0 Å². The molecule has 1 aromatic rings. The fourth-order valence-electron chi connectivity index (χ4n) is 2.81. The van der Waals surface area contributed by atoms with Gasteiger partial charge in [-0.05, 0) is 49.3 Å². The summed E-state index contributed by atoms with van der Waals surface area (Å²) in [4.78, 5) is 0. The third kappa shape index (κ3) is 3.26. The van der Waals surface area contributed by atoms with Crippen LogP contribution in [-0.2, 0) is 6.54 Å². The van der Waals surface area contributed by atoms with Gasteiger partial charge in [-0.1, -0.05) is 26.0 Å². The second kappa shape index (κ2) is 6.24. The molecule has 0 aromatic heterocycles. The van der Waals surface area contributed by atoms with E-state index in [-0.39, 0.29) is 0 Å². The third-order valence-corrected chi connectivity index (χ3v) is 4.24. The van der Waals surface area contributed by atoms with Gasteiger partial charge in [0.2, 0.25) is 0 Å². The highest BCUT2D eigenvalue weighted by Gasteiger charge is 2.28. The minimum Gasteiger partial charge on any atom is -0.494 e. The lowest BCUT2D eigenvalue weighted by Gasteiger charge is -2.19. The van der Waals surface area contributed by atoms with E-state index >= 15 is 0 Å². The summed E-state index contributed by atoms with van der Waals surface area (Å²) in [6, 6.07) is 9.07. The molecule has 0 radical (unpaired) electrons. The maximum atomic E-state index is 5.53. The molecular formula is C16H25NO. The number of benzene rings is 1. The Balaban J connectivity index is 1.88. The maximum absolute atomic E-state index is 5.53. The van der Waals surface area contributed by atoms with Gasteiger partial charge in [0.25, 0.3) is 0 Å². The van der Waals surface area contributed by atoms with Crippen LogP contribution < -0.4 is 10.1 Å². The van der Waals surface area contributed by atoms with Crippen LogP contribution in [0.4, 0.5) is 0 Å². The zero-order valence-corrected chi connectivity index (χ0v) is 11.8. The first kappa shape index (κ1) is 13.4. The van der Waals surface area contributed by atoms with E-state index in [9.17, 15) is 0 Å². The van der Waals surface area contributed by atoms with Crippen molar-refractivity contribution in [2.75, 3.05) is 6.61 Å². The number of hydrogen-bond donors (Lipinski definition) is 1. The minimum absolute atomic E-state index is 0.677. The smallest absolute Gasteiger partial charge is 0.119 e. The topological polar surface area (TPSA) is 21.3 Å². The van der Waals surface area contributed by atoms with E-state index < -0.39 is 0 Å². The predicted octanol–water partition coefficient (Wildman–Crippen LogP) is 3.61. The molecule has 1 aliphatic carbocycles. The molecule has 18 heavy (non-hydrogen) atoms. The molecule has 2 rings (SSSR count). The summed E-state index contributed by atoms with van der Waals surface area (Å²) in [6.07, 6.45) is 2.67. The van der Waals surface area contributed by atoms with Gasteiger partial charge in [-0.15, -0.1) is 0 Å². The monoisotopic (exact) mass is 247 g/mol. The van der Waals surface area contributed by atoms with E-state index in [4.69, 9.17) is 4.74 Å². The van der Waals surface area contributed by atoms with Crippen LogP contribution in [0, 0.1) is 11.8 Å².